The lowest BCUT2D eigenvalue weighted by Crippen LogP contribution is -2.41. The van der Waals surface area contributed by atoms with Gasteiger partial charge in [-0.15, -0.1) is 0 Å². The number of carbonyl (C=O) groups is 1. The van der Waals surface area contributed by atoms with Crippen LogP contribution in [0.3, 0.4) is 0 Å². The maximum Gasteiger partial charge on any atom is 0.279 e. The fourth-order valence-electron chi connectivity index (χ4n) is 1.25. The molecule has 0 radical (unpaired) electrons. The number of ether oxygens (including phenoxy) is 1. The zero-order chi connectivity index (χ0) is 12.2. The monoisotopic (exact) mass is 225 g/mol. The fraction of sp³-hybridized carbons (Fsp3) is 0.364. The number of nitrogens with one attached hydrogen (secondary N) is 1. The second-order valence-electron chi connectivity index (χ2n) is 3.44. The first-order chi connectivity index (χ1) is 7.52. The van der Waals surface area contributed by atoms with Crippen molar-refractivity contribution >= 4 is 5.91 Å². The number of carbonyl (C=O) groups excluding carboxylic acids is 1. The Bertz CT molecular complexity index is 376. The van der Waals surface area contributed by atoms with Crippen LogP contribution in [0.4, 0.5) is 0 Å². The molecule has 5 nitrogen and oxygen atoms in total. The summed E-state index contributed by atoms with van der Waals surface area (Å²) in [4.78, 5) is 16.0. The molecule has 0 saturated heterocycles. The van der Waals surface area contributed by atoms with E-state index in [-0.39, 0.29) is 0 Å². The minimum atomic E-state index is -1.66. The SMILES string of the molecule is CONC(=O)C(C)(O)c1cccc(OC)c1. The van der Waals surface area contributed by atoms with Gasteiger partial charge in [0.1, 0.15) is 5.75 Å². The number of amides is 1. The van der Waals surface area contributed by atoms with Crippen molar-refractivity contribution in [1.29, 1.82) is 0 Å². The van der Waals surface area contributed by atoms with Crippen molar-refractivity contribution in [3.63, 3.8) is 0 Å². The highest BCUT2D eigenvalue weighted by Crippen LogP contribution is 2.24. The van der Waals surface area contributed by atoms with E-state index in [0.29, 0.717) is 11.3 Å². The number of hydrogen-bond donors (Lipinski definition) is 2. The van der Waals surface area contributed by atoms with E-state index in [0.717, 1.165) is 0 Å². The summed E-state index contributed by atoms with van der Waals surface area (Å²) in [5.74, 6) is -0.0637. The van der Waals surface area contributed by atoms with Crippen molar-refractivity contribution in [2.75, 3.05) is 14.2 Å². The molecule has 1 aromatic carbocycles. The number of rotatable bonds is 4. The molecule has 1 aromatic rings. The Morgan fingerprint density at radius 2 is 2.12 bits per heavy atom. The molecule has 88 valence electrons. The van der Waals surface area contributed by atoms with Gasteiger partial charge in [0.05, 0.1) is 14.2 Å². The van der Waals surface area contributed by atoms with E-state index in [4.69, 9.17) is 4.74 Å². The van der Waals surface area contributed by atoms with Crippen LogP contribution in [0.1, 0.15) is 12.5 Å². The lowest BCUT2D eigenvalue weighted by atomic mass is 9.95. The number of hydrogen-bond acceptors (Lipinski definition) is 4. The molecule has 0 heterocycles. The molecule has 1 atom stereocenters. The van der Waals surface area contributed by atoms with Crippen LogP contribution < -0.4 is 10.2 Å². The van der Waals surface area contributed by atoms with Crippen LogP contribution in [-0.2, 0) is 15.2 Å². The first kappa shape index (κ1) is 12.5. The van der Waals surface area contributed by atoms with Gasteiger partial charge in [0.2, 0.25) is 0 Å². The number of hydroxylamine groups is 1. The average molecular weight is 225 g/mol. The highest BCUT2D eigenvalue weighted by Gasteiger charge is 2.32. The summed E-state index contributed by atoms with van der Waals surface area (Å²) in [5.41, 5.74) is 0.862. The summed E-state index contributed by atoms with van der Waals surface area (Å²) in [6.07, 6.45) is 0. The van der Waals surface area contributed by atoms with Crippen LogP contribution in [-0.4, -0.2) is 25.2 Å². The summed E-state index contributed by atoms with van der Waals surface area (Å²) in [7, 11) is 2.82. The molecule has 0 spiro atoms. The van der Waals surface area contributed by atoms with Gasteiger partial charge in [0.25, 0.3) is 5.91 Å². The van der Waals surface area contributed by atoms with Crippen LogP contribution in [0.5, 0.6) is 5.75 Å². The zero-order valence-electron chi connectivity index (χ0n) is 9.48. The van der Waals surface area contributed by atoms with E-state index in [1.807, 2.05) is 0 Å². The molecule has 16 heavy (non-hydrogen) atoms. The Kier molecular flexibility index (Phi) is 3.87. The van der Waals surface area contributed by atoms with Crippen molar-refractivity contribution in [2.45, 2.75) is 12.5 Å². The first-order valence-electron chi connectivity index (χ1n) is 4.72. The predicted octanol–water partition coefficient (Wildman–Crippen LogP) is 0.580. The Balaban J connectivity index is 3.01. The third kappa shape index (κ3) is 2.50. The van der Waals surface area contributed by atoms with Gasteiger partial charge >= 0.3 is 0 Å². The number of aliphatic hydroxyl groups is 1. The van der Waals surface area contributed by atoms with E-state index in [1.165, 1.54) is 21.1 Å². The maximum atomic E-state index is 11.5. The molecule has 0 aliphatic carbocycles. The molecule has 2 N–H and O–H groups in total. The third-order valence-electron chi connectivity index (χ3n) is 2.27. The highest BCUT2D eigenvalue weighted by atomic mass is 16.6. The van der Waals surface area contributed by atoms with Crippen molar-refractivity contribution in [3.05, 3.63) is 29.8 Å². The van der Waals surface area contributed by atoms with E-state index in [1.54, 1.807) is 24.3 Å². The minimum Gasteiger partial charge on any atom is -0.497 e. The van der Waals surface area contributed by atoms with Gasteiger partial charge in [-0.05, 0) is 24.6 Å². The van der Waals surface area contributed by atoms with Crippen LogP contribution >= 0.6 is 0 Å². The molecule has 1 amide bonds. The second kappa shape index (κ2) is 4.96. The highest BCUT2D eigenvalue weighted by molar-refractivity contribution is 5.85. The molecular formula is C11H15NO4. The Morgan fingerprint density at radius 1 is 1.44 bits per heavy atom. The number of methoxy groups -OCH3 is 1. The molecule has 5 heteroatoms. The fourth-order valence-corrected chi connectivity index (χ4v) is 1.25. The lowest BCUT2D eigenvalue weighted by molar-refractivity contribution is -0.150. The van der Waals surface area contributed by atoms with Crippen LogP contribution in [0.25, 0.3) is 0 Å². The van der Waals surface area contributed by atoms with Gasteiger partial charge in [0.15, 0.2) is 5.60 Å². The second-order valence-corrected chi connectivity index (χ2v) is 3.44. The number of benzene rings is 1. The van der Waals surface area contributed by atoms with Gasteiger partial charge in [-0.3, -0.25) is 9.63 Å². The first-order valence-corrected chi connectivity index (χ1v) is 4.72. The van der Waals surface area contributed by atoms with Crippen LogP contribution in [0, 0.1) is 0 Å². The maximum absolute atomic E-state index is 11.5. The minimum absolute atomic E-state index is 0.432. The summed E-state index contributed by atoms with van der Waals surface area (Å²) >= 11 is 0. The predicted molar refractivity (Wildman–Crippen MR) is 57.7 cm³/mol. The molecular weight excluding hydrogens is 210 g/mol. The molecule has 0 saturated carbocycles. The van der Waals surface area contributed by atoms with Crippen LogP contribution in [0.15, 0.2) is 24.3 Å². The van der Waals surface area contributed by atoms with Crippen molar-refractivity contribution in [1.82, 2.24) is 5.48 Å². The van der Waals surface area contributed by atoms with Crippen molar-refractivity contribution in [2.24, 2.45) is 0 Å². The molecule has 0 fully saturated rings. The quantitative estimate of drug-likeness (QED) is 0.735. The third-order valence-corrected chi connectivity index (χ3v) is 2.27. The lowest BCUT2D eigenvalue weighted by Gasteiger charge is -2.22. The van der Waals surface area contributed by atoms with Gasteiger partial charge in [-0.2, -0.15) is 0 Å². The molecule has 0 bridgehead atoms. The summed E-state index contributed by atoms with van der Waals surface area (Å²) in [6, 6.07) is 6.66. The zero-order valence-corrected chi connectivity index (χ0v) is 9.48. The van der Waals surface area contributed by atoms with Gasteiger partial charge in [-0.25, -0.2) is 5.48 Å². The van der Waals surface area contributed by atoms with Crippen molar-refractivity contribution in [3.8, 4) is 5.75 Å². The summed E-state index contributed by atoms with van der Waals surface area (Å²) in [6.45, 7) is 1.39. The Labute approximate surface area is 93.9 Å². The van der Waals surface area contributed by atoms with E-state index in [2.05, 4.69) is 10.3 Å². The smallest absolute Gasteiger partial charge is 0.279 e. The normalized spacial score (nSPS) is 14.0. The molecule has 0 aliphatic rings. The van der Waals surface area contributed by atoms with Crippen LogP contribution in [0.2, 0.25) is 0 Å². The van der Waals surface area contributed by atoms with E-state index in [9.17, 15) is 9.90 Å². The Hall–Kier alpha value is -1.59. The van der Waals surface area contributed by atoms with E-state index >= 15 is 0 Å². The van der Waals surface area contributed by atoms with Gasteiger partial charge < -0.3 is 9.84 Å². The molecule has 1 rings (SSSR count). The van der Waals surface area contributed by atoms with Gasteiger partial charge in [0, 0.05) is 0 Å². The topological polar surface area (TPSA) is 67.8 Å². The van der Waals surface area contributed by atoms with Crippen molar-refractivity contribution < 1.29 is 19.5 Å². The molecule has 1 unspecified atom stereocenters. The average Bonchev–Trinajstić information content (AvgIpc) is 2.29. The summed E-state index contributed by atoms with van der Waals surface area (Å²) < 4.78 is 5.02. The molecule has 0 aromatic heterocycles. The summed E-state index contributed by atoms with van der Waals surface area (Å²) in [5, 5.41) is 10.1. The molecule has 0 aliphatic heterocycles. The Morgan fingerprint density at radius 3 is 2.69 bits per heavy atom. The standard InChI is InChI=1S/C11H15NO4/c1-11(14,10(13)12-16-3)8-5-4-6-9(7-8)15-2/h4-7,14H,1-3H3,(H,12,13). The van der Waals surface area contributed by atoms with Gasteiger partial charge in [-0.1, -0.05) is 12.1 Å². The van der Waals surface area contributed by atoms with E-state index < -0.39 is 11.5 Å². The largest absolute Gasteiger partial charge is 0.497 e.